The van der Waals surface area contributed by atoms with Crippen LogP contribution in [0.3, 0.4) is 0 Å². The number of amides is 1. The van der Waals surface area contributed by atoms with Crippen molar-refractivity contribution in [2.24, 2.45) is 0 Å². The first-order valence-electron chi connectivity index (χ1n) is 6.17. The van der Waals surface area contributed by atoms with E-state index in [0.29, 0.717) is 23.7 Å². The van der Waals surface area contributed by atoms with Gasteiger partial charge in [-0.3, -0.25) is 4.79 Å². The number of hydrogen-bond donors (Lipinski definition) is 3. The summed E-state index contributed by atoms with van der Waals surface area (Å²) >= 11 is 5.72. The normalized spacial score (nSPS) is 10.2. The van der Waals surface area contributed by atoms with Crippen LogP contribution in [-0.2, 0) is 6.42 Å². The maximum absolute atomic E-state index is 11.9. The molecule has 5 heteroatoms. The van der Waals surface area contributed by atoms with Crippen molar-refractivity contribution in [1.29, 1.82) is 0 Å². The van der Waals surface area contributed by atoms with E-state index in [4.69, 9.17) is 17.3 Å². The topological polar surface area (TPSA) is 75.3 Å². The zero-order valence-electron chi connectivity index (χ0n) is 10.8. The molecule has 0 spiro atoms. The Morgan fingerprint density at radius 3 is 2.55 bits per heavy atom. The highest BCUT2D eigenvalue weighted by atomic mass is 35.5. The van der Waals surface area contributed by atoms with E-state index in [2.05, 4.69) is 5.32 Å². The van der Waals surface area contributed by atoms with Gasteiger partial charge in [0.05, 0.1) is 5.56 Å². The van der Waals surface area contributed by atoms with Gasteiger partial charge in [0.1, 0.15) is 5.75 Å². The molecule has 0 unspecified atom stereocenters. The highest BCUT2D eigenvalue weighted by Gasteiger charge is 2.10. The minimum atomic E-state index is -0.324. The molecule has 4 nitrogen and oxygen atoms in total. The molecule has 0 radical (unpaired) electrons. The average Bonchev–Trinajstić information content (AvgIpc) is 2.41. The standard InChI is InChI=1S/C15H15ClN2O2/c16-11-3-6-13(14(19)9-11)15(20)18-8-7-10-1-4-12(17)5-2-10/h1-6,9,19H,7-8,17H2,(H,18,20). The van der Waals surface area contributed by atoms with Crippen LogP contribution in [0, 0.1) is 0 Å². The zero-order valence-corrected chi connectivity index (χ0v) is 11.5. The largest absolute Gasteiger partial charge is 0.507 e. The molecule has 0 aliphatic carbocycles. The number of phenols is 1. The predicted molar refractivity (Wildman–Crippen MR) is 80.0 cm³/mol. The number of hydrogen-bond acceptors (Lipinski definition) is 3. The van der Waals surface area contributed by atoms with E-state index < -0.39 is 0 Å². The number of nitrogens with one attached hydrogen (secondary N) is 1. The minimum Gasteiger partial charge on any atom is -0.507 e. The number of carbonyl (C=O) groups is 1. The second-order valence-corrected chi connectivity index (χ2v) is 4.85. The second-order valence-electron chi connectivity index (χ2n) is 4.41. The number of rotatable bonds is 4. The molecular formula is C15H15ClN2O2. The third kappa shape index (κ3) is 3.65. The SMILES string of the molecule is Nc1ccc(CCNC(=O)c2ccc(Cl)cc2O)cc1. The van der Waals surface area contributed by atoms with Gasteiger partial charge in [-0.2, -0.15) is 0 Å². The van der Waals surface area contributed by atoms with Crippen molar-refractivity contribution in [2.75, 3.05) is 12.3 Å². The van der Waals surface area contributed by atoms with Crippen LogP contribution in [0.4, 0.5) is 5.69 Å². The number of nitrogens with two attached hydrogens (primary N) is 1. The van der Waals surface area contributed by atoms with Crippen molar-refractivity contribution in [3.05, 3.63) is 58.6 Å². The van der Waals surface area contributed by atoms with Crippen LogP contribution in [0.5, 0.6) is 5.75 Å². The van der Waals surface area contributed by atoms with Gasteiger partial charge in [-0.15, -0.1) is 0 Å². The lowest BCUT2D eigenvalue weighted by molar-refractivity contribution is 0.0951. The van der Waals surface area contributed by atoms with E-state index in [1.807, 2.05) is 24.3 Å². The zero-order chi connectivity index (χ0) is 14.5. The summed E-state index contributed by atoms with van der Waals surface area (Å²) in [7, 11) is 0. The van der Waals surface area contributed by atoms with Gasteiger partial charge in [0.15, 0.2) is 0 Å². The number of nitrogen functional groups attached to an aromatic ring is 1. The van der Waals surface area contributed by atoms with Gasteiger partial charge in [-0.05, 0) is 42.3 Å². The van der Waals surface area contributed by atoms with Crippen molar-refractivity contribution in [1.82, 2.24) is 5.32 Å². The molecule has 1 amide bonds. The molecule has 2 rings (SSSR count). The van der Waals surface area contributed by atoms with Crippen LogP contribution >= 0.6 is 11.6 Å². The van der Waals surface area contributed by atoms with Crippen molar-refractivity contribution in [3.63, 3.8) is 0 Å². The Labute approximate surface area is 122 Å². The summed E-state index contributed by atoms with van der Waals surface area (Å²) in [5.41, 5.74) is 7.61. The number of aromatic hydroxyl groups is 1. The van der Waals surface area contributed by atoms with Crippen LogP contribution in [0.2, 0.25) is 5.02 Å². The maximum Gasteiger partial charge on any atom is 0.255 e. The fraction of sp³-hybridized carbons (Fsp3) is 0.133. The van der Waals surface area contributed by atoms with Crippen molar-refractivity contribution in [3.8, 4) is 5.75 Å². The first kappa shape index (κ1) is 14.2. The Bertz CT molecular complexity index is 612. The average molecular weight is 291 g/mol. The summed E-state index contributed by atoms with van der Waals surface area (Å²) in [6.45, 7) is 0.477. The summed E-state index contributed by atoms with van der Waals surface area (Å²) in [5.74, 6) is -0.447. The van der Waals surface area contributed by atoms with Crippen LogP contribution in [-0.4, -0.2) is 17.6 Å². The summed E-state index contributed by atoms with van der Waals surface area (Å²) in [5, 5.41) is 12.8. The van der Waals surface area contributed by atoms with Crippen LogP contribution in [0.1, 0.15) is 15.9 Å². The molecule has 0 aliphatic heterocycles. The second kappa shape index (κ2) is 6.30. The molecule has 0 aromatic heterocycles. The Morgan fingerprint density at radius 2 is 1.90 bits per heavy atom. The van der Waals surface area contributed by atoms with Crippen LogP contribution in [0.15, 0.2) is 42.5 Å². The molecule has 20 heavy (non-hydrogen) atoms. The Balaban J connectivity index is 1.90. The minimum absolute atomic E-state index is 0.123. The maximum atomic E-state index is 11.9. The van der Waals surface area contributed by atoms with E-state index in [0.717, 1.165) is 5.56 Å². The van der Waals surface area contributed by atoms with E-state index in [-0.39, 0.29) is 17.2 Å². The first-order valence-corrected chi connectivity index (χ1v) is 6.55. The quantitative estimate of drug-likeness (QED) is 0.758. The molecule has 0 bridgehead atoms. The Morgan fingerprint density at radius 1 is 1.20 bits per heavy atom. The predicted octanol–water partition coefficient (Wildman–Crippen LogP) is 2.60. The van der Waals surface area contributed by atoms with Crippen molar-refractivity contribution in [2.45, 2.75) is 6.42 Å². The van der Waals surface area contributed by atoms with Gasteiger partial charge in [0.25, 0.3) is 5.91 Å². The highest BCUT2D eigenvalue weighted by molar-refractivity contribution is 6.30. The number of anilines is 1. The molecule has 0 fully saturated rings. The van der Waals surface area contributed by atoms with Crippen molar-refractivity contribution < 1.29 is 9.90 Å². The molecule has 104 valence electrons. The van der Waals surface area contributed by atoms with Gasteiger partial charge < -0.3 is 16.2 Å². The lowest BCUT2D eigenvalue weighted by Gasteiger charge is -2.07. The molecule has 2 aromatic carbocycles. The summed E-state index contributed by atoms with van der Waals surface area (Å²) in [6.07, 6.45) is 0.695. The molecule has 4 N–H and O–H groups in total. The van der Waals surface area contributed by atoms with Crippen LogP contribution < -0.4 is 11.1 Å². The number of phenolic OH excluding ortho intramolecular Hbond substituents is 1. The number of halogens is 1. The van der Waals surface area contributed by atoms with Gasteiger partial charge in [0.2, 0.25) is 0 Å². The van der Waals surface area contributed by atoms with Crippen LogP contribution in [0.25, 0.3) is 0 Å². The lowest BCUT2D eigenvalue weighted by atomic mass is 10.1. The number of benzene rings is 2. The van der Waals surface area contributed by atoms with Gasteiger partial charge in [-0.1, -0.05) is 23.7 Å². The van der Waals surface area contributed by atoms with E-state index in [1.54, 1.807) is 6.07 Å². The van der Waals surface area contributed by atoms with E-state index >= 15 is 0 Å². The third-order valence-electron chi connectivity index (χ3n) is 2.88. The fourth-order valence-corrected chi connectivity index (χ4v) is 1.96. The molecule has 0 atom stereocenters. The first-order chi connectivity index (χ1) is 9.56. The fourth-order valence-electron chi connectivity index (χ4n) is 1.80. The Hall–Kier alpha value is -2.20. The molecule has 0 saturated heterocycles. The molecule has 0 heterocycles. The van der Waals surface area contributed by atoms with Crippen molar-refractivity contribution >= 4 is 23.2 Å². The monoisotopic (exact) mass is 290 g/mol. The van der Waals surface area contributed by atoms with Gasteiger partial charge >= 0.3 is 0 Å². The smallest absolute Gasteiger partial charge is 0.255 e. The summed E-state index contributed by atoms with van der Waals surface area (Å²) in [4.78, 5) is 11.9. The van der Waals surface area contributed by atoms with Gasteiger partial charge in [0, 0.05) is 17.3 Å². The molecule has 2 aromatic rings. The lowest BCUT2D eigenvalue weighted by Crippen LogP contribution is -2.25. The third-order valence-corrected chi connectivity index (χ3v) is 3.12. The molecule has 0 saturated carbocycles. The van der Waals surface area contributed by atoms with E-state index in [9.17, 15) is 9.90 Å². The molecular weight excluding hydrogens is 276 g/mol. The van der Waals surface area contributed by atoms with E-state index in [1.165, 1.54) is 12.1 Å². The molecule has 0 aliphatic rings. The highest BCUT2D eigenvalue weighted by Crippen LogP contribution is 2.21. The van der Waals surface area contributed by atoms with Gasteiger partial charge in [-0.25, -0.2) is 0 Å². The summed E-state index contributed by atoms with van der Waals surface area (Å²) < 4.78 is 0. The number of carbonyl (C=O) groups excluding carboxylic acids is 1. The Kier molecular flexibility index (Phi) is 4.48. The summed E-state index contributed by atoms with van der Waals surface area (Å²) in [6, 6.07) is 11.9.